The highest BCUT2D eigenvalue weighted by atomic mass is 32.2. The number of carbonyl (C=O) groups excluding carboxylic acids is 1. The molecule has 1 aromatic carbocycles. The van der Waals surface area contributed by atoms with E-state index in [1.54, 1.807) is 0 Å². The number of morpholine rings is 1. The van der Waals surface area contributed by atoms with Crippen molar-refractivity contribution in [3.63, 3.8) is 0 Å². The molecule has 0 bridgehead atoms. The number of hydrogen-bond donors (Lipinski definition) is 1. The normalized spacial score (nSPS) is 23.2. The molecule has 0 saturated carbocycles. The summed E-state index contributed by atoms with van der Waals surface area (Å²) in [6, 6.07) is 8.44. The Morgan fingerprint density at radius 2 is 1.73 bits per heavy atom. The van der Waals surface area contributed by atoms with Crippen molar-refractivity contribution in [2.24, 2.45) is 0 Å². The van der Waals surface area contributed by atoms with Gasteiger partial charge in [0, 0.05) is 63.2 Å². The maximum atomic E-state index is 13.0. The van der Waals surface area contributed by atoms with E-state index >= 15 is 0 Å². The molecule has 3 saturated heterocycles. The number of aromatic nitrogens is 2. The molecule has 1 N–H and O–H groups in total. The van der Waals surface area contributed by atoms with E-state index < -0.39 is 10.8 Å². The van der Waals surface area contributed by atoms with Crippen LogP contribution in [0, 0.1) is 0 Å². The number of aryl methyl sites for hydroxylation is 1. The average Bonchev–Trinajstić information content (AvgIpc) is 3.34. The molecule has 9 nitrogen and oxygen atoms in total. The molecule has 2 aromatic rings. The zero-order valence-corrected chi connectivity index (χ0v) is 22.0. The lowest BCUT2D eigenvalue weighted by Crippen LogP contribution is -2.40. The van der Waals surface area contributed by atoms with Crippen LogP contribution in [0.25, 0.3) is 0 Å². The molecule has 4 aliphatic heterocycles. The predicted octanol–water partition coefficient (Wildman–Crippen LogP) is 2.59. The summed E-state index contributed by atoms with van der Waals surface area (Å²) in [5.74, 6) is 2.60. The number of rotatable bonds is 5. The quantitative estimate of drug-likeness (QED) is 0.637. The lowest BCUT2D eigenvalue weighted by Gasteiger charge is -2.33. The fourth-order valence-electron chi connectivity index (χ4n) is 5.75. The van der Waals surface area contributed by atoms with Gasteiger partial charge in [-0.3, -0.25) is 9.00 Å². The van der Waals surface area contributed by atoms with Gasteiger partial charge < -0.3 is 24.6 Å². The van der Waals surface area contributed by atoms with Crippen LogP contribution >= 0.6 is 0 Å². The summed E-state index contributed by atoms with van der Waals surface area (Å²) in [6.45, 7) is 5.72. The molecular formula is C27H35N5O4S. The first kappa shape index (κ1) is 24.8. The SMILES string of the molecule is O=C(c1cccc(C2CCN(c3nc4c(c(NC5CCOCC5)n3)S(=O)CC4)CC2)c1)N1CCOCC1. The highest BCUT2D eigenvalue weighted by molar-refractivity contribution is 7.85. The standard InChI is InChI=1S/C27H35N5O4S/c33-26(31-11-15-36-16-12-31)21-3-1-2-20(18-21)19-4-9-32(10-5-19)27-29-23-8-17-37(34)24(23)25(30-27)28-22-6-13-35-14-7-22/h1-3,18-19,22H,4-17H2,(H,28,29,30). The minimum absolute atomic E-state index is 0.0936. The number of amides is 1. The molecule has 10 heteroatoms. The lowest BCUT2D eigenvalue weighted by molar-refractivity contribution is 0.0303. The van der Waals surface area contributed by atoms with Gasteiger partial charge in [-0.15, -0.1) is 0 Å². The minimum atomic E-state index is -1.04. The first-order valence-electron chi connectivity index (χ1n) is 13.5. The van der Waals surface area contributed by atoms with Crippen LogP contribution in [0.5, 0.6) is 0 Å². The predicted molar refractivity (Wildman–Crippen MR) is 142 cm³/mol. The Morgan fingerprint density at radius 3 is 2.51 bits per heavy atom. The van der Waals surface area contributed by atoms with Crippen molar-refractivity contribution in [1.29, 1.82) is 0 Å². The van der Waals surface area contributed by atoms with E-state index in [0.29, 0.717) is 38.0 Å². The number of anilines is 2. The molecule has 1 amide bonds. The first-order chi connectivity index (χ1) is 18.2. The van der Waals surface area contributed by atoms with Gasteiger partial charge in [0.1, 0.15) is 10.7 Å². The Labute approximate surface area is 220 Å². The molecule has 0 aliphatic carbocycles. The molecular weight excluding hydrogens is 490 g/mol. The molecule has 198 valence electrons. The molecule has 0 radical (unpaired) electrons. The van der Waals surface area contributed by atoms with Gasteiger partial charge in [-0.2, -0.15) is 4.98 Å². The van der Waals surface area contributed by atoms with Crippen LogP contribution in [-0.4, -0.2) is 89.4 Å². The van der Waals surface area contributed by atoms with E-state index in [1.165, 1.54) is 5.56 Å². The third-order valence-corrected chi connectivity index (χ3v) is 9.38. The Kier molecular flexibility index (Phi) is 7.39. The van der Waals surface area contributed by atoms with Gasteiger partial charge in [-0.25, -0.2) is 4.98 Å². The summed E-state index contributed by atoms with van der Waals surface area (Å²) in [5.41, 5.74) is 2.92. The Morgan fingerprint density at radius 1 is 0.973 bits per heavy atom. The van der Waals surface area contributed by atoms with Crippen LogP contribution in [0.1, 0.15) is 53.2 Å². The monoisotopic (exact) mass is 525 g/mol. The van der Waals surface area contributed by atoms with E-state index in [4.69, 9.17) is 19.4 Å². The first-order valence-corrected chi connectivity index (χ1v) is 14.8. The highest BCUT2D eigenvalue weighted by Gasteiger charge is 2.30. The molecule has 3 fully saturated rings. The Bertz CT molecular complexity index is 1160. The summed E-state index contributed by atoms with van der Waals surface area (Å²) in [4.78, 5) is 27.7. The summed E-state index contributed by atoms with van der Waals surface area (Å²) >= 11 is 0. The lowest BCUT2D eigenvalue weighted by atomic mass is 9.88. The summed E-state index contributed by atoms with van der Waals surface area (Å²) < 4.78 is 23.6. The van der Waals surface area contributed by atoms with E-state index in [9.17, 15) is 9.00 Å². The molecule has 4 aliphatic rings. The summed E-state index contributed by atoms with van der Waals surface area (Å²) in [7, 11) is -1.04. The highest BCUT2D eigenvalue weighted by Crippen LogP contribution is 2.34. The number of ether oxygens (including phenoxy) is 2. The molecule has 5 heterocycles. The van der Waals surface area contributed by atoms with Crippen molar-refractivity contribution in [2.45, 2.75) is 49.0 Å². The number of piperidine rings is 1. The Hall–Kier alpha value is -2.56. The van der Waals surface area contributed by atoms with Crippen LogP contribution < -0.4 is 10.2 Å². The number of nitrogens with one attached hydrogen (secondary N) is 1. The second-order valence-electron chi connectivity index (χ2n) is 10.3. The average molecular weight is 526 g/mol. The Balaban J connectivity index is 1.15. The van der Waals surface area contributed by atoms with Crippen molar-refractivity contribution < 1.29 is 18.5 Å². The fourth-order valence-corrected chi connectivity index (χ4v) is 7.06. The van der Waals surface area contributed by atoms with Crippen molar-refractivity contribution >= 4 is 28.5 Å². The fraction of sp³-hybridized carbons (Fsp3) is 0.593. The molecule has 1 aromatic heterocycles. The van der Waals surface area contributed by atoms with Gasteiger partial charge in [-0.05, 0) is 49.3 Å². The summed E-state index contributed by atoms with van der Waals surface area (Å²) in [6.07, 6.45) is 4.55. The smallest absolute Gasteiger partial charge is 0.254 e. The van der Waals surface area contributed by atoms with Crippen LogP contribution in [0.4, 0.5) is 11.8 Å². The molecule has 6 rings (SSSR count). The molecule has 1 atom stereocenters. The minimum Gasteiger partial charge on any atom is -0.381 e. The van der Waals surface area contributed by atoms with E-state index in [2.05, 4.69) is 22.3 Å². The molecule has 0 spiro atoms. The van der Waals surface area contributed by atoms with Gasteiger partial charge in [0.2, 0.25) is 5.95 Å². The number of benzene rings is 1. The van der Waals surface area contributed by atoms with Crippen molar-refractivity contribution in [2.75, 3.05) is 68.6 Å². The molecule has 1 unspecified atom stereocenters. The zero-order chi connectivity index (χ0) is 25.2. The van der Waals surface area contributed by atoms with Gasteiger partial charge >= 0.3 is 0 Å². The summed E-state index contributed by atoms with van der Waals surface area (Å²) in [5, 5.41) is 3.57. The van der Waals surface area contributed by atoms with Crippen LogP contribution in [0.2, 0.25) is 0 Å². The maximum absolute atomic E-state index is 13.0. The van der Waals surface area contributed by atoms with Crippen LogP contribution in [0.15, 0.2) is 29.2 Å². The number of nitrogens with zero attached hydrogens (tertiary/aromatic N) is 4. The van der Waals surface area contributed by atoms with Gasteiger partial charge in [0.25, 0.3) is 5.91 Å². The maximum Gasteiger partial charge on any atom is 0.254 e. The van der Waals surface area contributed by atoms with Gasteiger partial charge in [0.05, 0.1) is 29.7 Å². The number of fused-ring (bicyclic) bond motifs is 1. The number of carbonyl (C=O) groups is 1. The van der Waals surface area contributed by atoms with Crippen LogP contribution in [0.3, 0.4) is 0 Å². The largest absolute Gasteiger partial charge is 0.381 e. The van der Waals surface area contributed by atoms with Gasteiger partial charge in [0.15, 0.2) is 0 Å². The van der Waals surface area contributed by atoms with Crippen molar-refractivity contribution in [3.05, 3.63) is 41.1 Å². The van der Waals surface area contributed by atoms with Crippen LogP contribution in [-0.2, 0) is 26.7 Å². The topological polar surface area (TPSA) is 96.9 Å². The van der Waals surface area contributed by atoms with E-state index in [0.717, 1.165) is 86.3 Å². The second kappa shape index (κ2) is 11.0. The van der Waals surface area contributed by atoms with E-state index in [-0.39, 0.29) is 11.9 Å². The third kappa shape index (κ3) is 5.37. The third-order valence-electron chi connectivity index (χ3n) is 7.92. The van der Waals surface area contributed by atoms with E-state index in [1.807, 2.05) is 17.0 Å². The van der Waals surface area contributed by atoms with Gasteiger partial charge in [-0.1, -0.05) is 12.1 Å². The van der Waals surface area contributed by atoms with Crippen molar-refractivity contribution in [3.8, 4) is 0 Å². The second-order valence-corrected chi connectivity index (χ2v) is 11.8. The van der Waals surface area contributed by atoms with Crippen molar-refractivity contribution in [1.82, 2.24) is 14.9 Å². The number of hydrogen-bond acceptors (Lipinski definition) is 8. The zero-order valence-electron chi connectivity index (χ0n) is 21.2. The molecule has 37 heavy (non-hydrogen) atoms.